The molecular formula is C15H22BrNO2. The molecule has 1 aromatic rings. The fourth-order valence-corrected chi connectivity index (χ4v) is 3.15. The highest BCUT2D eigenvalue weighted by atomic mass is 79.9. The molecule has 2 aliphatic heterocycles. The van der Waals surface area contributed by atoms with E-state index in [1.54, 1.807) is 12.1 Å². The van der Waals surface area contributed by atoms with E-state index >= 15 is 0 Å². The van der Waals surface area contributed by atoms with Crippen LogP contribution in [0.5, 0.6) is 5.75 Å². The van der Waals surface area contributed by atoms with Crippen LogP contribution in [0.4, 0.5) is 0 Å². The van der Waals surface area contributed by atoms with Crippen molar-refractivity contribution in [3.63, 3.8) is 0 Å². The first-order valence-corrected chi connectivity index (χ1v) is 6.46. The summed E-state index contributed by atoms with van der Waals surface area (Å²) in [6, 6.07) is 8.42. The first-order valence-electron chi connectivity index (χ1n) is 6.46. The number of aromatic hydroxyl groups is 1. The van der Waals surface area contributed by atoms with Gasteiger partial charge in [-0.15, -0.1) is 17.0 Å². The van der Waals surface area contributed by atoms with Gasteiger partial charge < -0.3 is 10.6 Å². The standard InChI is InChI=1S/C15H19NO.BrH.H2O/c1-11-9-13-3-2-8-16(13)10-15(11)12-4-6-14(17)7-5-12;;/h4-7,13,17H,2-3,8-10H2,1H3;1H;1H2/t13-;;/m0../s1. The van der Waals surface area contributed by atoms with Crippen molar-refractivity contribution in [1.82, 2.24) is 4.90 Å². The Morgan fingerprint density at radius 1 is 1.21 bits per heavy atom. The molecule has 0 aliphatic carbocycles. The predicted octanol–water partition coefficient (Wildman–Crippen LogP) is 2.79. The zero-order valence-electron chi connectivity index (χ0n) is 11.2. The summed E-state index contributed by atoms with van der Waals surface area (Å²) in [6.45, 7) is 4.60. The summed E-state index contributed by atoms with van der Waals surface area (Å²) in [5, 5.41) is 9.34. The first kappa shape index (κ1) is 16.2. The largest absolute Gasteiger partial charge is 0.508 e. The molecule has 0 aromatic heterocycles. The molecule has 0 radical (unpaired) electrons. The summed E-state index contributed by atoms with van der Waals surface area (Å²) < 4.78 is 0. The van der Waals surface area contributed by atoms with Gasteiger partial charge in [-0.25, -0.2) is 0 Å². The van der Waals surface area contributed by atoms with E-state index in [1.807, 2.05) is 12.1 Å². The predicted molar refractivity (Wildman–Crippen MR) is 83.8 cm³/mol. The highest BCUT2D eigenvalue weighted by Crippen LogP contribution is 2.34. The monoisotopic (exact) mass is 327 g/mol. The SMILES string of the molecule is Br.CC1=C(c2ccc(O)cc2)CN2CCC[C@H]2C1.O. The summed E-state index contributed by atoms with van der Waals surface area (Å²) in [5.41, 5.74) is 4.26. The van der Waals surface area contributed by atoms with E-state index in [2.05, 4.69) is 11.8 Å². The minimum atomic E-state index is 0. The van der Waals surface area contributed by atoms with Gasteiger partial charge in [0, 0.05) is 12.6 Å². The molecule has 1 aromatic carbocycles. The number of phenolic OH excluding ortho intramolecular Hbond substituents is 1. The number of rotatable bonds is 1. The lowest BCUT2D eigenvalue weighted by Gasteiger charge is -2.32. The topological polar surface area (TPSA) is 55.0 Å². The van der Waals surface area contributed by atoms with E-state index in [9.17, 15) is 5.11 Å². The average Bonchev–Trinajstić information content (AvgIpc) is 2.76. The van der Waals surface area contributed by atoms with Crippen LogP contribution >= 0.6 is 17.0 Å². The molecule has 106 valence electrons. The molecule has 1 saturated heterocycles. The fraction of sp³-hybridized carbons (Fsp3) is 0.467. The van der Waals surface area contributed by atoms with Crippen LogP contribution in [0.2, 0.25) is 0 Å². The maximum Gasteiger partial charge on any atom is 0.115 e. The number of fused-ring (bicyclic) bond motifs is 1. The van der Waals surface area contributed by atoms with E-state index < -0.39 is 0 Å². The van der Waals surface area contributed by atoms with Gasteiger partial charge in [-0.1, -0.05) is 17.7 Å². The van der Waals surface area contributed by atoms with Gasteiger partial charge in [0.05, 0.1) is 0 Å². The van der Waals surface area contributed by atoms with Crippen molar-refractivity contribution in [2.24, 2.45) is 0 Å². The molecule has 3 rings (SSSR count). The Morgan fingerprint density at radius 3 is 2.58 bits per heavy atom. The molecule has 0 bridgehead atoms. The van der Waals surface area contributed by atoms with Crippen molar-refractivity contribution in [3.8, 4) is 5.75 Å². The van der Waals surface area contributed by atoms with Crippen molar-refractivity contribution in [1.29, 1.82) is 0 Å². The van der Waals surface area contributed by atoms with Gasteiger partial charge >= 0.3 is 0 Å². The summed E-state index contributed by atoms with van der Waals surface area (Å²) >= 11 is 0. The molecular weight excluding hydrogens is 306 g/mol. The Bertz CT molecular complexity index is 456. The molecule has 0 amide bonds. The van der Waals surface area contributed by atoms with Gasteiger partial charge in [-0.3, -0.25) is 4.90 Å². The fourth-order valence-electron chi connectivity index (χ4n) is 3.15. The number of halogens is 1. The smallest absolute Gasteiger partial charge is 0.115 e. The van der Waals surface area contributed by atoms with Crippen molar-refractivity contribution < 1.29 is 10.6 Å². The normalized spacial score (nSPS) is 22.5. The Balaban J connectivity index is 0.000000902. The van der Waals surface area contributed by atoms with Crippen LogP contribution in [0.1, 0.15) is 31.7 Å². The molecule has 4 heteroatoms. The van der Waals surface area contributed by atoms with Crippen LogP contribution in [0.25, 0.3) is 5.57 Å². The highest BCUT2D eigenvalue weighted by molar-refractivity contribution is 8.93. The second-order valence-corrected chi connectivity index (χ2v) is 5.28. The van der Waals surface area contributed by atoms with Crippen LogP contribution in [0.3, 0.4) is 0 Å². The van der Waals surface area contributed by atoms with Crippen LogP contribution in [0, 0.1) is 0 Å². The number of hydrogen-bond donors (Lipinski definition) is 1. The zero-order chi connectivity index (χ0) is 11.8. The molecule has 0 unspecified atom stereocenters. The van der Waals surface area contributed by atoms with E-state index in [-0.39, 0.29) is 22.5 Å². The Kier molecular flexibility index (Phi) is 5.59. The number of benzene rings is 1. The second kappa shape index (κ2) is 6.55. The molecule has 19 heavy (non-hydrogen) atoms. The van der Waals surface area contributed by atoms with Crippen LogP contribution in [-0.2, 0) is 0 Å². The number of nitrogens with zero attached hydrogens (tertiary/aromatic N) is 1. The lowest BCUT2D eigenvalue weighted by molar-refractivity contribution is 0.271. The molecule has 1 atom stereocenters. The number of hydrogen-bond acceptors (Lipinski definition) is 2. The van der Waals surface area contributed by atoms with E-state index in [1.165, 1.54) is 42.5 Å². The highest BCUT2D eigenvalue weighted by Gasteiger charge is 2.30. The zero-order valence-corrected chi connectivity index (χ0v) is 12.9. The third-order valence-corrected chi connectivity index (χ3v) is 4.13. The summed E-state index contributed by atoms with van der Waals surface area (Å²) in [6.07, 6.45) is 3.93. The second-order valence-electron chi connectivity index (χ2n) is 5.28. The van der Waals surface area contributed by atoms with Gasteiger partial charge in [0.25, 0.3) is 0 Å². The minimum absolute atomic E-state index is 0. The van der Waals surface area contributed by atoms with Crippen molar-refractivity contribution in [2.75, 3.05) is 13.1 Å². The molecule has 0 spiro atoms. The number of phenols is 1. The molecule has 0 saturated carbocycles. The van der Waals surface area contributed by atoms with Gasteiger partial charge in [0.2, 0.25) is 0 Å². The van der Waals surface area contributed by atoms with Gasteiger partial charge in [0.1, 0.15) is 5.75 Å². The lowest BCUT2D eigenvalue weighted by atomic mass is 9.91. The Labute approximate surface area is 125 Å². The third-order valence-electron chi connectivity index (χ3n) is 4.13. The van der Waals surface area contributed by atoms with Gasteiger partial charge in [-0.2, -0.15) is 0 Å². The first-order chi connectivity index (χ1) is 8.24. The Hall–Kier alpha value is -0.840. The van der Waals surface area contributed by atoms with E-state index in [0.717, 1.165) is 12.6 Å². The van der Waals surface area contributed by atoms with Crippen molar-refractivity contribution in [3.05, 3.63) is 35.4 Å². The van der Waals surface area contributed by atoms with Crippen molar-refractivity contribution in [2.45, 2.75) is 32.2 Å². The molecule has 3 nitrogen and oxygen atoms in total. The molecule has 2 heterocycles. The molecule has 1 fully saturated rings. The van der Waals surface area contributed by atoms with Crippen LogP contribution in [0.15, 0.2) is 29.8 Å². The Morgan fingerprint density at radius 2 is 1.89 bits per heavy atom. The summed E-state index contributed by atoms with van der Waals surface area (Å²) in [5.74, 6) is 0.349. The third kappa shape index (κ3) is 3.19. The van der Waals surface area contributed by atoms with Crippen LogP contribution in [-0.4, -0.2) is 34.6 Å². The minimum Gasteiger partial charge on any atom is -0.508 e. The molecule has 3 N–H and O–H groups in total. The quantitative estimate of drug-likeness (QED) is 0.862. The summed E-state index contributed by atoms with van der Waals surface area (Å²) in [7, 11) is 0. The van der Waals surface area contributed by atoms with Gasteiger partial charge in [0.15, 0.2) is 0 Å². The maximum absolute atomic E-state index is 9.34. The summed E-state index contributed by atoms with van der Waals surface area (Å²) in [4.78, 5) is 2.61. The van der Waals surface area contributed by atoms with E-state index in [4.69, 9.17) is 0 Å². The van der Waals surface area contributed by atoms with Crippen LogP contribution < -0.4 is 0 Å². The molecule has 2 aliphatic rings. The van der Waals surface area contributed by atoms with Gasteiger partial charge in [-0.05, 0) is 56.0 Å². The van der Waals surface area contributed by atoms with Crippen molar-refractivity contribution >= 4 is 22.6 Å². The van der Waals surface area contributed by atoms with E-state index in [0.29, 0.717) is 5.75 Å². The lowest BCUT2D eigenvalue weighted by Crippen LogP contribution is -2.34. The average molecular weight is 328 g/mol. The maximum atomic E-state index is 9.34.